The van der Waals surface area contributed by atoms with Gasteiger partial charge < -0.3 is 5.73 Å². The summed E-state index contributed by atoms with van der Waals surface area (Å²) in [7, 11) is 0. The van der Waals surface area contributed by atoms with Crippen LogP contribution in [0.4, 0.5) is 8.78 Å². The van der Waals surface area contributed by atoms with Gasteiger partial charge in [0.1, 0.15) is 11.6 Å². The van der Waals surface area contributed by atoms with Gasteiger partial charge in [0, 0.05) is 11.6 Å². The van der Waals surface area contributed by atoms with Crippen molar-refractivity contribution in [2.24, 2.45) is 11.7 Å². The Labute approximate surface area is 111 Å². The molecular weight excluding hydrogens is 252 g/mol. The maximum Gasteiger partial charge on any atom is 0.129 e. The van der Waals surface area contributed by atoms with Crippen LogP contribution in [0.2, 0.25) is 0 Å². The highest BCUT2D eigenvalue weighted by Gasteiger charge is 2.19. The van der Waals surface area contributed by atoms with Gasteiger partial charge in [0.15, 0.2) is 0 Å². The first-order valence-electron chi connectivity index (χ1n) is 6.43. The molecule has 1 aliphatic rings. The van der Waals surface area contributed by atoms with E-state index in [1.165, 1.54) is 42.5 Å². The Kier molecular flexibility index (Phi) is 5.01. The number of thioether (sulfide) groups is 1. The van der Waals surface area contributed by atoms with Crippen LogP contribution >= 0.6 is 11.8 Å². The number of hydrogen-bond donors (Lipinski definition) is 1. The van der Waals surface area contributed by atoms with Crippen LogP contribution in [0.5, 0.6) is 0 Å². The number of hydrogen-bond acceptors (Lipinski definition) is 2. The van der Waals surface area contributed by atoms with E-state index in [1.807, 2.05) is 11.8 Å². The van der Waals surface area contributed by atoms with Crippen LogP contribution in [0.15, 0.2) is 18.2 Å². The van der Waals surface area contributed by atoms with E-state index in [-0.39, 0.29) is 11.6 Å². The summed E-state index contributed by atoms with van der Waals surface area (Å²) >= 11 is 1.97. The molecule has 1 atom stereocenters. The van der Waals surface area contributed by atoms with Crippen molar-refractivity contribution in [2.45, 2.75) is 31.7 Å². The molecule has 0 bridgehead atoms. The van der Waals surface area contributed by atoms with Crippen molar-refractivity contribution < 1.29 is 8.78 Å². The van der Waals surface area contributed by atoms with Gasteiger partial charge in [-0.3, -0.25) is 0 Å². The molecule has 1 saturated heterocycles. The van der Waals surface area contributed by atoms with E-state index in [9.17, 15) is 8.78 Å². The molecule has 1 nitrogen and oxygen atoms in total. The largest absolute Gasteiger partial charge is 0.327 e. The molecule has 1 aliphatic heterocycles. The van der Waals surface area contributed by atoms with E-state index in [0.29, 0.717) is 12.3 Å². The SMILES string of the molecule is NC(Cc1c(F)cccc1F)CC1CCSCC1. The van der Waals surface area contributed by atoms with Crippen LogP contribution in [-0.4, -0.2) is 17.5 Å². The second kappa shape index (κ2) is 6.53. The maximum absolute atomic E-state index is 13.5. The van der Waals surface area contributed by atoms with Crippen molar-refractivity contribution >= 4 is 11.8 Å². The monoisotopic (exact) mass is 271 g/mol. The van der Waals surface area contributed by atoms with E-state index in [2.05, 4.69) is 0 Å². The maximum atomic E-state index is 13.5. The molecule has 2 N–H and O–H groups in total. The summed E-state index contributed by atoms with van der Waals surface area (Å²) in [6.45, 7) is 0. The average Bonchev–Trinajstić information content (AvgIpc) is 2.35. The highest BCUT2D eigenvalue weighted by atomic mass is 32.2. The third-order valence-corrected chi connectivity index (χ3v) is 4.55. The Morgan fingerprint density at radius 2 is 1.83 bits per heavy atom. The number of nitrogens with two attached hydrogens (primary N) is 1. The lowest BCUT2D eigenvalue weighted by molar-refractivity contribution is 0.400. The van der Waals surface area contributed by atoms with E-state index >= 15 is 0 Å². The number of rotatable bonds is 4. The van der Waals surface area contributed by atoms with Crippen molar-refractivity contribution in [2.75, 3.05) is 11.5 Å². The van der Waals surface area contributed by atoms with Gasteiger partial charge in [0.25, 0.3) is 0 Å². The van der Waals surface area contributed by atoms with Gasteiger partial charge in [0.2, 0.25) is 0 Å². The standard InChI is InChI=1S/C14H19F2NS/c15-13-2-1-3-14(16)12(13)9-11(17)8-10-4-6-18-7-5-10/h1-3,10-11H,4-9,17H2. The Morgan fingerprint density at radius 1 is 1.22 bits per heavy atom. The molecule has 4 heteroatoms. The Morgan fingerprint density at radius 3 is 2.44 bits per heavy atom. The topological polar surface area (TPSA) is 26.0 Å². The summed E-state index contributed by atoms with van der Waals surface area (Å²) in [4.78, 5) is 0. The predicted octanol–water partition coefficient (Wildman–Crippen LogP) is 3.37. The molecule has 1 heterocycles. The molecule has 1 fully saturated rings. The van der Waals surface area contributed by atoms with Crippen LogP contribution in [0, 0.1) is 17.6 Å². The Balaban J connectivity index is 1.92. The van der Waals surface area contributed by atoms with Crippen LogP contribution in [0.1, 0.15) is 24.8 Å². The molecule has 0 saturated carbocycles. The molecule has 1 aromatic rings. The van der Waals surface area contributed by atoms with Gasteiger partial charge in [-0.15, -0.1) is 0 Å². The van der Waals surface area contributed by atoms with Crippen molar-refractivity contribution in [3.8, 4) is 0 Å². The van der Waals surface area contributed by atoms with Gasteiger partial charge in [-0.25, -0.2) is 8.78 Å². The fraction of sp³-hybridized carbons (Fsp3) is 0.571. The van der Waals surface area contributed by atoms with Gasteiger partial charge in [-0.1, -0.05) is 6.07 Å². The minimum atomic E-state index is -0.482. The molecule has 0 amide bonds. The smallest absolute Gasteiger partial charge is 0.129 e. The van der Waals surface area contributed by atoms with Crippen molar-refractivity contribution in [3.05, 3.63) is 35.4 Å². The summed E-state index contributed by atoms with van der Waals surface area (Å²) in [6.07, 6.45) is 3.52. The van der Waals surface area contributed by atoms with E-state index < -0.39 is 11.6 Å². The van der Waals surface area contributed by atoms with Crippen LogP contribution in [0.25, 0.3) is 0 Å². The van der Waals surface area contributed by atoms with Crippen LogP contribution in [-0.2, 0) is 6.42 Å². The molecule has 100 valence electrons. The summed E-state index contributed by atoms with van der Waals surface area (Å²) in [5.74, 6) is 2.03. The third-order valence-electron chi connectivity index (χ3n) is 3.50. The average molecular weight is 271 g/mol. The lowest BCUT2D eigenvalue weighted by Crippen LogP contribution is -2.28. The summed E-state index contributed by atoms with van der Waals surface area (Å²) in [6, 6.07) is 3.83. The molecule has 0 aliphatic carbocycles. The van der Waals surface area contributed by atoms with Gasteiger partial charge in [-0.2, -0.15) is 11.8 Å². The van der Waals surface area contributed by atoms with Gasteiger partial charge in [-0.05, 0) is 55.2 Å². The Bertz CT molecular complexity index is 371. The fourth-order valence-corrected chi connectivity index (χ4v) is 3.69. The molecular formula is C14H19F2NS. The number of benzene rings is 1. The van der Waals surface area contributed by atoms with Crippen LogP contribution in [0.3, 0.4) is 0 Å². The fourth-order valence-electron chi connectivity index (χ4n) is 2.48. The first-order chi connectivity index (χ1) is 8.66. The number of halogens is 2. The Hall–Kier alpha value is -0.610. The molecule has 0 radical (unpaired) electrons. The summed E-state index contributed by atoms with van der Waals surface area (Å²) in [5.41, 5.74) is 6.17. The minimum Gasteiger partial charge on any atom is -0.327 e. The van der Waals surface area contributed by atoms with Crippen LogP contribution < -0.4 is 5.73 Å². The van der Waals surface area contributed by atoms with Crippen molar-refractivity contribution in [3.63, 3.8) is 0 Å². The summed E-state index contributed by atoms with van der Waals surface area (Å²) < 4.78 is 27.0. The van der Waals surface area contributed by atoms with Gasteiger partial charge in [0.05, 0.1) is 0 Å². The highest BCUT2D eigenvalue weighted by Crippen LogP contribution is 2.27. The molecule has 18 heavy (non-hydrogen) atoms. The first-order valence-corrected chi connectivity index (χ1v) is 7.58. The second-order valence-electron chi connectivity index (χ2n) is 4.96. The zero-order valence-electron chi connectivity index (χ0n) is 10.4. The van der Waals surface area contributed by atoms with Crippen molar-refractivity contribution in [1.82, 2.24) is 0 Å². The minimum absolute atomic E-state index is 0.134. The normalized spacial score (nSPS) is 18.8. The molecule has 0 spiro atoms. The second-order valence-corrected chi connectivity index (χ2v) is 6.18. The molecule has 0 aromatic heterocycles. The highest BCUT2D eigenvalue weighted by molar-refractivity contribution is 7.99. The molecule has 1 aromatic carbocycles. The first kappa shape index (κ1) is 13.8. The predicted molar refractivity (Wildman–Crippen MR) is 72.7 cm³/mol. The lowest BCUT2D eigenvalue weighted by atomic mass is 9.91. The van der Waals surface area contributed by atoms with Gasteiger partial charge >= 0.3 is 0 Å². The van der Waals surface area contributed by atoms with E-state index in [1.54, 1.807) is 0 Å². The molecule has 1 unspecified atom stereocenters. The van der Waals surface area contributed by atoms with Crippen molar-refractivity contribution in [1.29, 1.82) is 0 Å². The summed E-state index contributed by atoms with van der Waals surface area (Å²) in [5, 5.41) is 0. The molecule has 2 rings (SSSR count). The quantitative estimate of drug-likeness (QED) is 0.908. The van der Waals surface area contributed by atoms with E-state index in [0.717, 1.165) is 6.42 Å². The van der Waals surface area contributed by atoms with E-state index in [4.69, 9.17) is 5.73 Å². The zero-order chi connectivity index (χ0) is 13.0. The zero-order valence-corrected chi connectivity index (χ0v) is 11.2. The lowest BCUT2D eigenvalue weighted by Gasteiger charge is -2.24. The third kappa shape index (κ3) is 3.69.